The standard InChI is InChI=1S/C22H26O5/c23-14-8-6-13(7-9-14)20-16-11-17-15(10-18(16)27-22(20)25)19(21(24)26-17)12-4-2-1-3-5-12/h11-14,18,23H,1-10H2. The molecule has 2 fully saturated rings. The van der Waals surface area contributed by atoms with Gasteiger partial charge in [-0.1, -0.05) is 19.3 Å². The third kappa shape index (κ3) is 2.87. The first-order valence-electron chi connectivity index (χ1n) is 10.4. The van der Waals surface area contributed by atoms with Gasteiger partial charge in [0.1, 0.15) is 11.9 Å². The lowest BCUT2D eigenvalue weighted by Crippen LogP contribution is -2.22. The van der Waals surface area contributed by atoms with E-state index in [1.165, 1.54) is 6.42 Å². The zero-order chi connectivity index (χ0) is 18.5. The van der Waals surface area contributed by atoms with Gasteiger partial charge in [0.25, 0.3) is 0 Å². The van der Waals surface area contributed by atoms with Crippen molar-refractivity contribution in [3.63, 3.8) is 0 Å². The average molecular weight is 370 g/mol. The number of allylic oxidation sites excluding steroid dienone is 1. The summed E-state index contributed by atoms with van der Waals surface area (Å²) in [6.45, 7) is 0. The molecule has 5 nitrogen and oxygen atoms in total. The van der Waals surface area contributed by atoms with Crippen LogP contribution in [0.3, 0.4) is 0 Å². The number of hydrogen-bond acceptors (Lipinski definition) is 5. The Kier molecular flexibility index (Phi) is 4.23. The van der Waals surface area contributed by atoms with Crippen LogP contribution >= 0.6 is 0 Å². The lowest BCUT2D eigenvalue weighted by atomic mass is 9.77. The molecule has 27 heavy (non-hydrogen) atoms. The van der Waals surface area contributed by atoms with Crippen LogP contribution < -0.4 is 0 Å². The molecule has 1 unspecified atom stereocenters. The molecule has 0 aromatic heterocycles. The molecule has 0 saturated heterocycles. The van der Waals surface area contributed by atoms with E-state index >= 15 is 0 Å². The predicted octanol–water partition coefficient (Wildman–Crippen LogP) is 3.48. The lowest BCUT2D eigenvalue weighted by Gasteiger charge is -2.26. The van der Waals surface area contributed by atoms with Crippen LogP contribution in [0.2, 0.25) is 0 Å². The molecule has 1 atom stereocenters. The summed E-state index contributed by atoms with van der Waals surface area (Å²) in [7, 11) is 0. The number of hydrogen-bond donors (Lipinski definition) is 1. The maximum absolute atomic E-state index is 12.6. The summed E-state index contributed by atoms with van der Waals surface area (Å²) in [5.41, 5.74) is 3.46. The summed E-state index contributed by atoms with van der Waals surface area (Å²) in [6, 6.07) is 0. The zero-order valence-electron chi connectivity index (χ0n) is 15.5. The van der Waals surface area contributed by atoms with Gasteiger partial charge in [0, 0.05) is 28.7 Å². The van der Waals surface area contributed by atoms with Crippen LogP contribution in [0.25, 0.3) is 0 Å². The summed E-state index contributed by atoms with van der Waals surface area (Å²) in [5, 5.41) is 9.77. The van der Waals surface area contributed by atoms with Gasteiger partial charge in [-0.3, -0.25) is 0 Å². The van der Waals surface area contributed by atoms with Gasteiger partial charge in [-0.2, -0.15) is 0 Å². The minimum absolute atomic E-state index is 0.137. The maximum Gasteiger partial charge on any atom is 0.340 e. The fraction of sp³-hybridized carbons (Fsp3) is 0.636. The Labute approximate surface area is 159 Å². The first-order chi connectivity index (χ1) is 13.1. The van der Waals surface area contributed by atoms with Crippen LogP contribution in [0.5, 0.6) is 0 Å². The molecule has 1 N–H and O–H groups in total. The second-order valence-electron chi connectivity index (χ2n) is 8.60. The third-order valence-corrected chi connectivity index (χ3v) is 6.97. The van der Waals surface area contributed by atoms with E-state index in [-0.39, 0.29) is 36.0 Å². The molecule has 0 radical (unpaired) electrons. The molecule has 0 amide bonds. The molecule has 2 saturated carbocycles. The van der Waals surface area contributed by atoms with Crippen molar-refractivity contribution in [1.29, 1.82) is 0 Å². The Morgan fingerprint density at radius 2 is 1.56 bits per heavy atom. The van der Waals surface area contributed by atoms with Crippen molar-refractivity contribution in [2.45, 2.75) is 76.4 Å². The molecule has 5 heteroatoms. The van der Waals surface area contributed by atoms with Gasteiger partial charge in [0.2, 0.25) is 0 Å². The van der Waals surface area contributed by atoms with E-state index in [0.717, 1.165) is 73.7 Å². The Bertz CT molecular complexity index is 773. The maximum atomic E-state index is 12.6. The van der Waals surface area contributed by atoms with E-state index in [1.807, 2.05) is 6.08 Å². The molecule has 5 aliphatic rings. The number of ether oxygens (including phenoxy) is 2. The highest BCUT2D eigenvalue weighted by Gasteiger charge is 2.45. The highest BCUT2D eigenvalue weighted by molar-refractivity contribution is 5.97. The minimum Gasteiger partial charge on any atom is -0.454 e. The second kappa shape index (κ2) is 6.62. The number of aliphatic hydroxyl groups is 1. The number of fused-ring (bicyclic) bond motifs is 2. The molecule has 0 spiro atoms. The second-order valence-corrected chi connectivity index (χ2v) is 8.60. The number of carbonyl (C=O) groups excluding carboxylic acids is 2. The smallest absolute Gasteiger partial charge is 0.340 e. The van der Waals surface area contributed by atoms with Gasteiger partial charge in [0.05, 0.1) is 6.10 Å². The quantitative estimate of drug-likeness (QED) is 0.754. The molecular weight excluding hydrogens is 344 g/mol. The summed E-state index contributed by atoms with van der Waals surface area (Å²) in [6.07, 6.45) is 10.6. The van der Waals surface area contributed by atoms with Crippen molar-refractivity contribution in [1.82, 2.24) is 0 Å². The van der Waals surface area contributed by atoms with E-state index in [9.17, 15) is 14.7 Å². The topological polar surface area (TPSA) is 72.8 Å². The lowest BCUT2D eigenvalue weighted by molar-refractivity contribution is -0.140. The Morgan fingerprint density at radius 1 is 0.852 bits per heavy atom. The van der Waals surface area contributed by atoms with Crippen LogP contribution in [-0.2, 0) is 19.1 Å². The average Bonchev–Trinajstić information content (AvgIpc) is 3.15. The summed E-state index contributed by atoms with van der Waals surface area (Å²) in [4.78, 5) is 25.2. The molecule has 3 aliphatic carbocycles. The van der Waals surface area contributed by atoms with Crippen molar-refractivity contribution in [3.05, 3.63) is 34.1 Å². The van der Waals surface area contributed by atoms with Crippen LogP contribution in [0.1, 0.15) is 64.2 Å². The van der Waals surface area contributed by atoms with E-state index in [0.29, 0.717) is 12.2 Å². The fourth-order valence-electron chi connectivity index (χ4n) is 5.57. The van der Waals surface area contributed by atoms with E-state index in [1.54, 1.807) is 0 Å². The molecule has 0 aromatic carbocycles. The van der Waals surface area contributed by atoms with Crippen molar-refractivity contribution >= 4 is 11.9 Å². The fourth-order valence-corrected chi connectivity index (χ4v) is 5.57. The van der Waals surface area contributed by atoms with Crippen molar-refractivity contribution in [2.24, 2.45) is 11.8 Å². The SMILES string of the molecule is O=C1OC2=CC3=C(C4CCC(O)CC4)C(=O)OC3CC2=C1C1CCCCC1. The van der Waals surface area contributed by atoms with Crippen molar-refractivity contribution in [3.8, 4) is 0 Å². The van der Waals surface area contributed by atoms with Gasteiger partial charge in [0.15, 0.2) is 0 Å². The highest BCUT2D eigenvalue weighted by Crippen LogP contribution is 2.47. The van der Waals surface area contributed by atoms with Crippen LogP contribution in [0.4, 0.5) is 0 Å². The van der Waals surface area contributed by atoms with Gasteiger partial charge in [-0.25, -0.2) is 9.59 Å². The number of esters is 2. The Morgan fingerprint density at radius 3 is 2.30 bits per heavy atom. The Hall–Kier alpha value is -1.88. The molecule has 0 bridgehead atoms. The van der Waals surface area contributed by atoms with Gasteiger partial charge < -0.3 is 14.6 Å². The molecule has 0 aromatic rings. The van der Waals surface area contributed by atoms with Crippen LogP contribution in [-0.4, -0.2) is 29.3 Å². The van der Waals surface area contributed by atoms with Crippen molar-refractivity contribution < 1.29 is 24.2 Å². The number of rotatable bonds is 2. The first kappa shape index (κ1) is 17.2. The molecule has 5 rings (SSSR count). The summed E-state index contributed by atoms with van der Waals surface area (Å²) < 4.78 is 11.4. The van der Waals surface area contributed by atoms with Gasteiger partial charge in [-0.05, 0) is 56.4 Å². The Balaban J connectivity index is 1.50. The van der Waals surface area contributed by atoms with Crippen LogP contribution in [0.15, 0.2) is 34.1 Å². The predicted molar refractivity (Wildman–Crippen MR) is 97.3 cm³/mol. The molecule has 144 valence electrons. The monoisotopic (exact) mass is 370 g/mol. The van der Waals surface area contributed by atoms with Gasteiger partial charge >= 0.3 is 11.9 Å². The van der Waals surface area contributed by atoms with Crippen molar-refractivity contribution in [2.75, 3.05) is 0 Å². The highest BCUT2D eigenvalue weighted by atomic mass is 16.6. The first-order valence-corrected chi connectivity index (χ1v) is 10.4. The third-order valence-electron chi connectivity index (χ3n) is 6.97. The normalized spacial score (nSPS) is 34.3. The number of aliphatic hydroxyl groups excluding tert-OH is 1. The molecular formula is C22H26O5. The van der Waals surface area contributed by atoms with E-state index in [2.05, 4.69) is 0 Å². The molecule has 2 aliphatic heterocycles. The minimum atomic E-state index is -0.286. The van der Waals surface area contributed by atoms with E-state index < -0.39 is 0 Å². The van der Waals surface area contributed by atoms with Crippen LogP contribution in [0, 0.1) is 11.8 Å². The zero-order valence-corrected chi connectivity index (χ0v) is 15.5. The number of carbonyl (C=O) groups is 2. The summed E-state index contributed by atoms with van der Waals surface area (Å²) in [5.74, 6) is 0.641. The largest absolute Gasteiger partial charge is 0.454 e. The van der Waals surface area contributed by atoms with E-state index in [4.69, 9.17) is 9.47 Å². The van der Waals surface area contributed by atoms with Gasteiger partial charge in [-0.15, -0.1) is 0 Å². The molecule has 2 heterocycles. The summed E-state index contributed by atoms with van der Waals surface area (Å²) >= 11 is 0.